The average Bonchev–Trinajstić information content (AvgIpc) is 2.45. The van der Waals surface area contributed by atoms with Gasteiger partial charge in [0.25, 0.3) is 0 Å². The van der Waals surface area contributed by atoms with Crippen molar-refractivity contribution in [1.29, 1.82) is 0 Å². The van der Waals surface area contributed by atoms with Crippen molar-refractivity contribution in [3.05, 3.63) is 54.5 Å². The van der Waals surface area contributed by atoms with Gasteiger partial charge in [0.2, 0.25) is 0 Å². The number of benzene rings is 1. The normalized spacial score (nSPS) is 10.3. The SMILES string of the molecule is C=Cc1nc(CCCC)cc(-c2ccccc2)n1. The highest BCUT2D eigenvalue weighted by Gasteiger charge is 2.04. The molecule has 2 rings (SSSR count). The van der Waals surface area contributed by atoms with Crippen molar-refractivity contribution in [3.63, 3.8) is 0 Å². The average molecular weight is 238 g/mol. The van der Waals surface area contributed by atoms with Crippen LogP contribution in [-0.4, -0.2) is 9.97 Å². The van der Waals surface area contributed by atoms with Crippen LogP contribution in [0.1, 0.15) is 31.3 Å². The van der Waals surface area contributed by atoms with Crippen LogP contribution in [-0.2, 0) is 6.42 Å². The van der Waals surface area contributed by atoms with E-state index in [1.54, 1.807) is 6.08 Å². The quantitative estimate of drug-likeness (QED) is 0.782. The van der Waals surface area contributed by atoms with Crippen molar-refractivity contribution in [2.75, 3.05) is 0 Å². The third-order valence-corrected chi connectivity index (χ3v) is 2.84. The third-order valence-electron chi connectivity index (χ3n) is 2.84. The second kappa shape index (κ2) is 6.10. The van der Waals surface area contributed by atoms with E-state index in [1.165, 1.54) is 6.42 Å². The van der Waals surface area contributed by atoms with Gasteiger partial charge in [-0.15, -0.1) is 0 Å². The van der Waals surface area contributed by atoms with Gasteiger partial charge in [0.1, 0.15) is 0 Å². The van der Waals surface area contributed by atoms with Crippen LogP contribution >= 0.6 is 0 Å². The lowest BCUT2D eigenvalue weighted by molar-refractivity contribution is 0.772. The van der Waals surface area contributed by atoms with Gasteiger partial charge < -0.3 is 0 Å². The summed E-state index contributed by atoms with van der Waals surface area (Å²) in [6.45, 7) is 5.95. The fraction of sp³-hybridized carbons (Fsp3) is 0.250. The topological polar surface area (TPSA) is 25.8 Å². The predicted octanol–water partition coefficient (Wildman–Crippen LogP) is 4.13. The molecule has 2 nitrogen and oxygen atoms in total. The Kier molecular flexibility index (Phi) is 4.24. The summed E-state index contributed by atoms with van der Waals surface area (Å²) in [5.74, 6) is 0.711. The number of nitrogens with zero attached hydrogens (tertiary/aromatic N) is 2. The zero-order chi connectivity index (χ0) is 12.8. The molecule has 0 aliphatic heterocycles. The molecule has 2 heteroatoms. The lowest BCUT2D eigenvalue weighted by Crippen LogP contribution is -1.98. The first-order valence-electron chi connectivity index (χ1n) is 6.39. The Morgan fingerprint density at radius 1 is 1.17 bits per heavy atom. The van der Waals surface area contributed by atoms with Crippen molar-refractivity contribution in [2.45, 2.75) is 26.2 Å². The van der Waals surface area contributed by atoms with Crippen LogP contribution < -0.4 is 0 Å². The standard InChI is InChI=1S/C16H18N2/c1-3-5-11-14-12-15(18-16(4-2)17-14)13-9-7-6-8-10-13/h4,6-10,12H,2-3,5,11H2,1H3. The second-order valence-corrected chi connectivity index (χ2v) is 4.28. The molecule has 0 aliphatic carbocycles. The molecule has 0 amide bonds. The molecular weight excluding hydrogens is 220 g/mol. The van der Waals surface area contributed by atoms with Gasteiger partial charge >= 0.3 is 0 Å². The highest BCUT2D eigenvalue weighted by atomic mass is 14.9. The number of aryl methyl sites for hydroxylation is 1. The van der Waals surface area contributed by atoms with Gasteiger partial charge in [0.05, 0.1) is 5.69 Å². The largest absolute Gasteiger partial charge is 0.234 e. The molecule has 0 fully saturated rings. The molecule has 0 bridgehead atoms. The smallest absolute Gasteiger partial charge is 0.152 e. The summed E-state index contributed by atoms with van der Waals surface area (Å²) >= 11 is 0. The molecule has 1 aromatic carbocycles. The zero-order valence-corrected chi connectivity index (χ0v) is 10.8. The van der Waals surface area contributed by atoms with Crippen molar-refractivity contribution >= 4 is 6.08 Å². The van der Waals surface area contributed by atoms with Crippen LogP contribution in [0.5, 0.6) is 0 Å². The van der Waals surface area contributed by atoms with Gasteiger partial charge in [-0.2, -0.15) is 0 Å². The third kappa shape index (κ3) is 3.04. The van der Waals surface area contributed by atoms with Crippen LogP contribution in [0.15, 0.2) is 43.0 Å². The van der Waals surface area contributed by atoms with E-state index >= 15 is 0 Å². The Labute approximate surface area is 108 Å². The number of aromatic nitrogens is 2. The first-order chi connectivity index (χ1) is 8.83. The molecule has 0 unspecified atom stereocenters. The van der Waals surface area contributed by atoms with E-state index in [-0.39, 0.29) is 0 Å². The monoisotopic (exact) mass is 238 g/mol. The summed E-state index contributed by atoms with van der Waals surface area (Å²) in [6, 6.07) is 12.3. The Morgan fingerprint density at radius 2 is 1.94 bits per heavy atom. The minimum Gasteiger partial charge on any atom is -0.234 e. The summed E-state index contributed by atoms with van der Waals surface area (Å²) in [7, 11) is 0. The van der Waals surface area contributed by atoms with Gasteiger partial charge in [-0.3, -0.25) is 0 Å². The molecule has 0 N–H and O–H groups in total. The fourth-order valence-corrected chi connectivity index (χ4v) is 1.85. The van der Waals surface area contributed by atoms with Crippen molar-refractivity contribution < 1.29 is 0 Å². The van der Waals surface area contributed by atoms with Crippen LogP contribution in [0.3, 0.4) is 0 Å². The number of hydrogen-bond donors (Lipinski definition) is 0. The van der Waals surface area contributed by atoms with Gasteiger partial charge in [-0.25, -0.2) is 9.97 Å². The van der Waals surface area contributed by atoms with Crippen LogP contribution in [0.4, 0.5) is 0 Å². The molecule has 0 spiro atoms. The molecule has 1 heterocycles. The molecule has 0 atom stereocenters. The Morgan fingerprint density at radius 3 is 2.61 bits per heavy atom. The number of hydrogen-bond acceptors (Lipinski definition) is 2. The van der Waals surface area contributed by atoms with Crippen LogP contribution in [0.2, 0.25) is 0 Å². The predicted molar refractivity (Wildman–Crippen MR) is 76.2 cm³/mol. The Balaban J connectivity index is 2.38. The van der Waals surface area contributed by atoms with E-state index in [2.05, 4.69) is 41.7 Å². The maximum Gasteiger partial charge on any atom is 0.152 e. The highest BCUT2D eigenvalue weighted by Crippen LogP contribution is 2.18. The van der Waals surface area contributed by atoms with E-state index in [0.717, 1.165) is 29.8 Å². The minimum absolute atomic E-state index is 0.711. The molecule has 92 valence electrons. The molecule has 0 aliphatic rings. The summed E-state index contributed by atoms with van der Waals surface area (Å²) in [6.07, 6.45) is 5.04. The van der Waals surface area contributed by atoms with E-state index in [1.807, 2.05) is 18.2 Å². The molecule has 0 saturated carbocycles. The fourth-order valence-electron chi connectivity index (χ4n) is 1.85. The van der Waals surface area contributed by atoms with E-state index in [0.29, 0.717) is 5.82 Å². The lowest BCUT2D eigenvalue weighted by atomic mass is 10.1. The van der Waals surface area contributed by atoms with Crippen LogP contribution in [0.25, 0.3) is 17.3 Å². The molecule has 1 aromatic heterocycles. The van der Waals surface area contributed by atoms with E-state index in [9.17, 15) is 0 Å². The molecule has 18 heavy (non-hydrogen) atoms. The maximum absolute atomic E-state index is 4.50. The molecular formula is C16H18N2. The number of rotatable bonds is 5. The summed E-state index contributed by atoms with van der Waals surface area (Å²) in [4.78, 5) is 8.99. The molecule has 0 radical (unpaired) electrons. The highest BCUT2D eigenvalue weighted by molar-refractivity contribution is 5.60. The van der Waals surface area contributed by atoms with Crippen molar-refractivity contribution in [1.82, 2.24) is 9.97 Å². The first kappa shape index (κ1) is 12.5. The number of unbranched alkanes of at least 4 members (excludes halogenated alkanes) is 1. The summed E-state index contributed by atoms with van der Waals surface area (Å²) in [5, 5.41) is 0. The van der Waals surface area contributed by atoms with Crippen LogP contribution in [0, 0.1) is 0 Å². The Bertz CT molecular complexity index is 518. The van der Waals surface area contributed by atoms with Gasteiger partial charge in [0.15, 0.2) is 5.82 Å². The summed E-state index contributed by atoms with van der Waals surface area (Å²) < 4.78 is 0. The van der Waals surface area contributed by atoms with E-state index in [4.69, 9.17) is 0 Å². The first-order valence-corrected chi connectivity index (χ1v) is 6.39. The second-order valence-electron chi connectivity index (χ2n) is 4.28. The van der Waals surface area contributed by atoms with E-state index < -0.39 is 0 Å². The maximum atomic E-state index is 4.50. The molecule has 2 aromatic rings. The minimum atomic E-state index is 0.711. The van der Waals surface area contributed by atoms with Gasteiger partial charge in [-0.05, 0) is 25.0 Å². The lowest BCUT2D eigenvalue weighted by Gasteiger charge is -2.06. The zero-order valence-electron chi connectivity index (χ0n) is 10.8. The van der Waals surface area contributed by atoms with Gasteiger partial charge in [0, 0.05) is 11.3 Å². The van der Waals surface area contributed by atoms with Gasteiger partial charge in [-0.1, -0.05) is 50.3 Å². The van der Waals surface area contributed by atoms with Crippen molar-refractivity contribution in [2.24, 2.45) is 0 Å². The summed E-state index contributed by atoms with van der Waals surface area (Å²) in [5.41, 5.74) is 3.20. The molecule has 0 saturated heterocycles. The Hall–Kier alpha value is -1.96. The van der Waals surface area contributed by atoms with Crippen molar-refractivity contribution in [3.8, 4) is 11.3 Å².